The van der Waals surface area contributed by atoms with E-state index in [9.17, 15) is 0 Å². The SMILES string of the molecule is CO[Si](CCCCCCCC[N+](C)(C)C)(OC)OC. The van der Waals surface area contributed by atoms with Crippen LogP contribution in [0.3, 0.4) is 0 Å². The molecule has 0 bridgehead atoms. The van der Waals surface area contributed by atoms with Gasteiger partial charge in [-0.25, -0.2) is 0 Å². The molecule has 0 amide bonds. The van der Waals surface area contributed by atoms with E-state index in [-0.39, 0.29) is 0 Å². The highest BCUT2D eigenvalue weighted by Crippen LogP contribution is 2.18. The second kappa shape index (κ2) is 9.88. The molecule has 0 spiro atoms. The minimum absolute atomic E-state index is 0.926. The van der Waals surface area contributed by atoms with Crippen LogP contribution in [-0.4, -0.2) is 62.3 Å². The lowest BCUT2D eigenvalue weighted by Crippen LogP contribution is -2.42. The predicted molar refractivity (Wildman–Crippen MR) is 82.2 cm³/mol. The molecule has 0 unspecified atom stereocenters. The first kappa shape index (κ1) is 19.1. The number of unbranched alkanes of at least 4 members (excludes halogenated alkanes) is 5. The van der Waals surface area contributed by atoms with Gasteiger partial charge in [-0.05, 0) is 19.3 Å². The van der Waals surface area contributed by atoms with Gasteiger partial charge < -0.3 is 17.8 Å². The molecular formula is C14H34NO3Si+. The maximum atomic E-state index is 5.41. The Labute approximate surface area is 121 Å². The maximum absolute atomic E-state index is 5.41. The topological polar surface area (TPSA) is 27.7 Å². The average Bonchev–Trinajstić information content (AvgIpc) is 2.37. The monoisotopic (exact) mass is 292 g/mol. The van der Waals surface area contributed by atoms with E-state index in [0.29, 0.717) is 0 Å². The fraction of sp³-hybridized carbons (Fsp3) is 1.00. The summed E-state index contributed by atoms with van der Waals surface area (Å²) in [6.07, 6.45) is 7.69. The summed E-state index contributed by atoms with van der Waals surface area (Å²) in [5.74, 6) is 0. The van der Waals surface area contributed by atoms with Gasteiger partial charge in [0.25, 0.3) is 0 Å². The van der Waals surface area contributed by atoms with E-state index in [2.05, 4.69) is 21.1 Å². The lowest BCUT2D eigenvalue weighted by molar-refractivity contribution is -0.870. The molecule has 0 radical (unpaired) electrons. The van der Waals surface area contributed by atoms with Crippen LogP contribution in [0, 0.1) is 0 Å². The summed E-state index contributed by atoms with van der Waals surface area (Å²) in [5.41, 5.74) is 0. The van der Waals surface area contributed by atoms with Crippen molar-refractivity contribution in [2.24, 2.45) is 0 Å². The first-order valence-electron chi connectivity index (χ1n) is 7.35. The third-order valence-electron chi connectivity index (χ3n) is 3.49. The van der Waals surface area contributed by atoms with E-state index in [4.69, 9.17) is 13.3 Å². The van der Waals surface area contributed by atoms with Gasteiger partial charge in [0.2, 0.25) is 0 Å². The quantitative estimate of drug-likeness (QED) is 0.314. The molecule has 0 heterocycles. The van der Waals surface area contributed by atoms with Crippen molar-refractivity contribution in [3.63, 3.8) is 0 Å². The number of rotatable bonds is 12. The molecule has 0 atom stereocenters. The Balaban J connectivity index is 3.50. The molecule has 0 rings (SSSR count). The van der Waals surface area contributed by atoms with Gasteiger partial charge in [0, 0.05) is 27.4 Å². The van der Waals surface area contributed by atoms with Crippen molar-refractivity contribution in [3.05, 3.63) is 0 Å². The molecule has 19 heavy (non-hydrogen) atoms. The fourth-order valence-corrected chi connectivity index (χ4v) is 3.99. The van der Waals surface area contributed by atoms with E-state index < -0.39 is 8.80 Å². The van der Waals surface area contributed by atoms with Crippen molar-refractivity contribution in [2.45, 2.75) is 44.6 Å². The molecule has 0 aromatic heterocycles. The van der Waals surface area contributed by atoms with Crippen molar-refractivity contribution in [2.75, 3.05) is 49.0 Å². The molecule has 0 saturated carbocycles. The molecule has 0 saturated heterocycles. The van der Waals surface area contributed by atoms with Crippen molar-refractivity contribution in [1.29, 1.82) is 0 Å². The fourth-order valence-electron chi connectivity index (χ4n) is 2.19. The summed E-state index contributed by atoms with van der Waals surface area (Å²) in [7, 11) is 9.50. The highest BCUT2D eigenvalue weighted by Gasteiger charge is 2.36. The van der Waals surface area contributed by atoms with Gasteiger partial charge in [0.05, 0.1) is 27.7 Å². The van der Waals surface area contributed by atoms with E-state index in [1.807, 2.05) is 0 Å². The lowest BCUT2D eigenvalue weighted by Gasteiger charge is -2.24. The Morgan fingerprint density at radius 1 is 0.684 bits per heavy atom. The van der Waals surface area contributed by atoms with Gasteiger partial charge >= 0.3 is 8.80 Å². The molecule has 0 aliphatic rings. The lowest BCUT2D eigenvalue weighted by atomic mass is 10.1. The number of hydrogen-bond donors (Lipinski definition) is 0. The smallest absolute Gasteiger partial charge is 0.377 e. The molecule has 0 aliphatic carbocycles. The van der Waals surface area contributed by atoms with Crippen molar-refractivity contribution >= 4 is 8.80 Å². The molecular weight excluding hydrogens is 258 g/mol. The molecule has 0 N–H and O–H groups in total. The first-order valence-corrected chi connectivity index (χ1v) is 9.28. The molecule has 0 aromatic carbocycles. The standard InChI is InChI=1S/C14H34NO3Si/c1-15(2,3)13-11-9-7-8-10-12-14-19(16-4,17-5)18-6/h7-14H2,1-6H3/q+1. The molecule has 5 heteroatoms. The van der Waals surface area contributed by atoms with Crippen LogP contribution in [0.15, 0.2) is 0 Å². The predicted octanol–water partition coefficient (Wildman–Crippen LogP) is 2.91. The van der Waals surface area contributed by atoms with Gasteiger partial charge in [0.1, 0.15) is 0 Å². The minimum Gasteiger partial charge on any atom is -0.377 e. The normalized spacial score (nSPS) is 12.9. The van der Waals surface area contributed by atoms with Crippen molar-refractivity contribution in [3.8, 4) is 0 Å². The Morgan fingerprint density at radius 2 is 1.11 bits per heavy atom. The third-order valence-corrected chi connectivity index (χ3v) is 6.33. The van der Waals surface area contributed by atoms with Crippen LogP contribution in [0.5, 0.6) is 0 Å². The van der Waals surface area contributed by atoms with E-state index in [1.54, 1.807) is 21.3 Å². The van der Waals surface area contributed by atoms with Crippen LogP contribution in [0.2, 0.25) is 6.04 Å². The summed E-state index contributed by atoms with van der Waals surface area (Å²) in [6, 6.07) is 0.926. The summed E-state index contributed by atoms with van der Waals surface area (Å²) in [6.45, 7) is 1.27. The summed E-state index contributed by atoms with van der Waals surface area (Å²) in [4.78, 5) is 0. The average molecular weight is 293 g/mol. The van der Waals surface area contributed by atoms with Gasteiger partial charge in [-0.3, -0.25) is 0 Å². The zero-order valence-electron chi connectivity index (χ0n) is 13.8. The van der Waals surface area contributed by atoms with Crippen molar-refractivity contribution < 1.29 is 17.8 Å². The summed E-state index contributed by atoms with van der Waals surface area (Å²) < 4.78 is 17.3. The number of hydrogen-bond acceptors (Lipinski definition) is 3. The van der Waals surface area contributed by atoms with E-state index >= 15 is 0 Å². The van der Waals surface area contributed by atoms with Crippen LogP contribution >= 0.6 is 0 Å². The maximum Gasteiger partial charge on any atom is 0.500 e. The molecule has 0 aliphatic heterocycles. The highest BCUT2D eigenvalue weighted by molar-refractivity contribution is 6.60. The largest absolute Gasteiger partial charge is 0.500 e. The van der Waals surface area contributed by atoms with Crippen LogP contribution < -0.4 is 0 Å². The van der Waals surface area contributed by atoms with Gasteiger partial charge in [-0.2, -0.15) is 0 Å². The van der Waals surface area contributed by atoms with Crippen LogP contribution in [0.25, 0.3) is 0 Å². The van der Waals surface area contributed by atoms with Crippen LogP contribution in [0.1, 0.15) is 38.5 Å². The number of nitrogens with zero attached hydrogens (tertiary/aromatic N) is 1. The third kappa shape index (κ3) is 9.57. The Hall–Kier alpha value is 0.0569. The van der Waals surface area contributed by atoms with Crippen LogP contribution in [0.4, 0.5) is 0 Å². The molecule has 0 aromatic rings. The van der Waals surface area contributed by atoms with E-state index in [0.717, 1.165) is 16.9 Å². The second-order valence-corrected chi connectivity index (χ2v) is 9.27. The van der Waals surface area contributed by atoms with E-state index in [1.165, 1.54) is 38.6 Å². The molecule has 0 fully saturated rings. The molecule has 116 valence electrons. The van der Waals surface area contributed by atoms with Crippen molar-refractivity contribution in [1.82, 2.24) is 0 Å². The van der Waals surface area contributed by atoms with Gasteiger partial charge in [-0.1, -0.05) is 19.3 Å². The summed E-state index contributed by atoms with van der Waals surface area (Å²) in [5, 5.41) is 0. The second-order valence-electron chi connectivity index (χ2n) is 6.18. The van der Waals surface area contributed by atoms with Gasteiger partial charge in [0.15, 0.2) is 0 Å². The Bertz CT molecular complexity index is 207. The van der Waals surface area contributed by atoms with Gasteiger partial charge in [-0.15, -0.1) is 0 Å². The number of quaternary nitrogens is 1. The van der Waals surface area contributed by atoms with Crippen LogP contribution in [-0.2, 0) is 13.3 Å². The minimum atomic E-state index is -2.32. The zero-order valence-corrected chi connectivity index (χ0v) is 14.8. The highest BCUT2D eigenvalue weighted by atomic mass is 28.4. The Kier molecular flexibility index (Phi) is 9.91. The zero-order chi connectivity index (χ0) is 14.8. The summed E-state index contributed by atoms with van der Waals surface area (Å²) >= 11 is 0. The first-order chi connectivity index (χ1) is 8.89. The molecule has 4 nitrogen and oxygen atoms in total. The Morgan fingerprint density at radius 3 is 1.53 bits per heavy atom.